The molecule has 8 nitrogen and oxygen atoms in total. The number of nitrogens with one attached hydrogen (secondary N) is 2. The van der Waals surface area contributed by atoms with Gasteiger partial charge in [-0.25, -0.2) is 25.9 Å². The molecular formula is C24H26FN3O5S2. The van der Waals surface area contributed by atoms with Crippen molar-refractivity contribution >= 4 is 31.6 Å². The summed E-state index contributed by atoms with van der Waals surface area (Å²) in [6.07, 6.45) is 0. The van der Waals surface area contributed by atoms with E-state index in [1.54, 1.807) is 25.1 Å². The van der Waals surface area contributed by atoms with Crippen LogP contribution in [0.25, 0.3) is 0 Å². The maximum atomic E-state index is 14.3. The summed E-state index contributed by atoms with van der Waals surface area (Å²) in [4.78, 5) is 12.8. The van der Waals surface area contributed by atoms with E-state index < -0.39 is 38.3 Å². The van der Waals surface area contributed by atoms with Crippen molar-refractivity contribution in [3.8, 4) is 0 Å². The molecule has 186 valence electrons. The Morgan fingerprint density at radius 1 is 0.914 bits per heavy atom. The molecule has 0 saturated heterocycles. The van der Waals surface area contributed by atoms with Crippen LogP contribution in [0.4, 0.5) is 10.1 Å². The fourth-order valence-corrected chi connectivity index (χ4v) is 5.40. The molecule has 2 N–H and O–H groups in total. The van der Waals surface area contributed by atoms with Gasteiger partial charge in [0.05, 0.1) is 16.3 Å². The van der Waals surface area contributed by atoms with Crippen LogP contribution in [0.3, 0.4) is 0 Å². The summed E-state index contributed by atoms with van der Waals surface area (Å²) in [5.41, 5.74) is 1.75. The van der Waals surface area contributed by atoms with Crippen LogP contribution in [0.15, 0.2) is 76.5 Å². The van der Waals surface area contributed by atoms with Crippen molar-refractivity contribution < 1.29 is 26.0 Å². The van der Waals surface area contributed by atoms with Gasteiger partial charge in [0.25, 0.3) is 0 Å². The molecule has 1 amide bonds. The monoisotopic (exact) mass is 519 g/mol. The number of hydrogen-bond acceptors (Lipinski definition) is 5. The quantitative estimate of drug-likeness (QED) is 0.451. The first kappa shape index (κ1) is 26.5. The molecule has 3 aromatic carbocycles. The topological polar surface area (TPSA) is 113 Å². The molecule has 35 heavy (non-hydrogen) atoms. The van der Waals surface area contributed by atoms with Gasteiger partial charge in [-0.1, -0.05) is 42.0 Å². The largest absolute Gasteiger partial charge is 0.325 e. The zero-order valence-electron chi connectivity index (χ0n) is 19.4. The molecule has 0 aromatic heterocycles. The van der Waals surface area contributed by atoms with Crippen LogP contribution in [-0.2, 0) is 31.4 Å². The molecule has 0 atom stereocenters. The van der Waals surface area contributed by atoms with Crippen molar-refractivity contribution in [1.29, 1.82) is 0 Å². The SMILES string of the molecule is CNS(=O)(=O)c1ccc(C)c(NC(=O)CN(Cc2ccccc2F)S(=O)(=O)c2ccc(C)cc2)c1. The lowest BCUT2D eigenvalue weighted by molar-refractivity contribution is -0.116. The summed E-state index contributed by atoms with van der Waals surface area (Å²) in [5.74, 6) is -1.31. The fraction of sp³-hybridized carbons (Fsp3) is 0.208. The first-order valence-corrected chi connectivity index (χ1v) is 13.5. The maximum Gasteiger partial charge on any atom is 0.243 e. The average molecular weight is 520 g/mol. The number of carbonyl (C=O) groups excluding carboxylic acids is 1. The van der Waals surface area contributed by atoms with Gasteiger partial charge < -0.3 is 5.32 Å². The summed E-state index contributed by atoms with van der Waals surface area (Å²) in [6.45, 7) is 2.49. The average Bonchev–Trinajstić information content (AvgIpc) is 2.81. The first-order chi connectivity index (χ1) is 16.4. The van der Waals surface area contributed by atoms with Crippen LogP contribution in [0.5, 0.6) is 0 Å². The Bertz CT molecular complexity index is 1440. The number of carbonyl (C=O) groups is 1. The van der Waals surface area contributed by atoms with Crippen molar-refractivity contribution in [2.75, 3.05) is 18.9 Å². The minimum absolute atomic E-state index is 0.0365. The predicted molar refractivity (Wildman–Crippen MR) is 131 cm³/mol. The molecule has 11 heteroatoms. The molecule has 0 fully saturated rings. The highest BCUT2D eigenvalue weighted by Crippen LogP contribution is 2.23. The molecule has 0 bridgehead atoms. The third kappa shape index (κ3) is 6.31. The van der Waals surface area contributed by atoms with Gasteiger partial charge in [0, 0.05) is 17.8 Å². The fourth-order valence-electron chi connectivity index (χ4n) is 3.27. The van der Waals surface area contributed by atoms with Crippen LogP contribution in [0.2, 0.25) is 0 Å². The van der Waals surface area contributed by atoms with Gasteiger partial charge in [0.2, 0.25) is 26.0 Å². The van der Waals surface area contributed by atoms with E-state index in [0.29, 0.717) is 5.56 Å². The van der Waals surface area contributed by atoms with Crippen LogP contribution in [-0.4, -0.2) is 40.6 Å². The molecule has 0 heterocycles. The molecule has 0 radical (unpaired) electrons. The third-order valence-electron chi connectivity index (χ3n) is 5.35. The maximum absolute atomic E-state index is 14.3. The van der Waals surface area contributed by atoms with Crippen molar-refractivity contribution in [2.24, 2.45) is 0 Å². The molecule has 0 aliphatic heterocycles. The molecular weight excluding hydrogens is 493 g/mol. The summed E-state index contributed by atoms with van der Waals surface area (Å²) in [5, 5.41) is 2.58. The molecule has 0 spiro atoms. The minimum atomic E-state index is -4.17. The van der Waals surface area contributed by atoms with Crippen LogP contribution >= 0.6 is 0 Å². The number of anilines is 1. The molecule has 0 unspecified atom stereocenters. The molecule has 3 rings (SSSR count). The highest BCUT2D eigenvalue weighted by molar-refractivity contribution is 7.89. The van der Waals surface area contributed by atoms with Gasteiger partial charge in [0.1, 0.15) is 5.82 Å². The zero-order chi connectivity index (χ0) is 25.8. The zero-order valence-corrected chi connectivity index (χ0v) is 21.1. The number of nitrogens with zero attached hydrogens (tertiary/aromatic N) is 1. The van der Waals surface area contributed by atoms with Crippen LogP contribution in [0.1, 0.15) is 16.7 Å². The molecule has 0 aliphatic carbocycles. The van der Waals surface area contributed by atoms with Gasteiger partial charge in [-0.15, -0.1) is 0 Å². The predicted octanol–water partition coefficient (Wildman–Crippen LogP) is 3.18. The summed E-state index contributed by atoms with van der Waals surface area (Å²) in [7, 11) is -6.65. The van der Waals surface area contributed by atoms with Gasteiger partial charge in [-0.2, -0.15) is 4.31 Å². The smallest absolute Gasteiger partial charge is 0.243 e. The van der Waals surface area contributed by atoms with Gasteiger partial charge in [-0.05, 0) is 56.8 Å². The molecule has 0 saturated carbocycles. The lowest BCUT2D eigenvalue weighted by atomic mass is 10.2. The second kappa shape index (κ2) is 10.6. The van der Waals surface area contributed by atoms with Gasteiger partial charge >= 0.3 is 0 Å². The number of halogens is 1. The lowest BCUT2D eigenvalue weighted by Gasteiger charge is -2.22. The number of aryl methyl sites for hydroxylation is 2. The molecule has 3 aromatic rings. The number of amides is 1. The van der Waals surface area contributed by atoms with E-state index >= 15 is 0 Å². The van der Waals surface area contributed by atoms with Crippen LogP contribution in [0, 0.1) is 19.7 Å². The van der Waals surface area contributed by atoms with Crippen LogP contribution < -0.4 is 10.0 Å². The van der Waals surface area contributed by atoms with Crippen molar-refractivity contribution in [1.82, 2.24) is 9.03 Å². The number of rotatable bonds is 9. The minimum Gasteiger partial charge on any atom is -0.325 e. The number of benzene rings is 3. The Labute approximate surface area is 204 Å². The van der Waals surface area contributed by atoms with E-state index in [9.17, 15) is 26.0 Å². The Kier molecular flexibility index (Phi) is 8.06. The van der Waals surface area contributed by atoms with Crippen molar-refractivity contribution in [3.63, 3.8) is 0 Å². The summed E-state index contributed by atoms with van der Waals surface area (Å²) < 4.78 is 68.4. The number of hydrogen-bond donors (Lipinski definition) is 2. The summed E-state index contributed by atoms with van der Waals surface area (Å²) in [6, 6.07) is 16.0. The second-order valence-corrected chi connectivity index (χ2v) is 11.7. The van der Waals surface area contributed by atoms with Crippen molar-refractivity contribution in [2.45, 2.75) is 30.2 Å². The van der Waals surface area contributed by atoms with E-state index in [1.165, 1.54) is 55.6 Å². The standard InChI is InChI=1S/C24H26FN3O5S2/c1-17-8-11-20(12-9-17)35(32,33)28(15-19-6-4-5-7-22(19)25)16-24(29)27-23-14-21(13-10-18(23)2)34(30,31)26-3/h4-14,26H,15-16H2,1-3H3,(H,27,29). The second-order valence-electron chi connectivity index (χ2n) is 7.91. The Balaban J connectivity index is 1.93. The van der Waals surface area contributed by atoms with E-state index in [0.717, 1.165) is 9.87 Å². The highest BCUT2D eigenvalue weighted by atomic mass is 32.2. The lowest BCUT2D eigenvalue weighted by Crippen LogP contribution is -2.38. The molecule has 0 aliphatic rings. The Morgan fingerprint density at radius 2 is 1.54 bits per heavy atom. The van der Waals surface area contributed by atoms with E-state index in [2.05, 4.69) is 10.0 Å². The number of sulfonamides is 2. The van der Waals surface area contributed by atoms with E-state index in [4.69, 9.17) is 0 Å². The summed E-state index contributed by atoms with van der Waals surface area (Å²) >= 11 is 0. The Morgan fingerprint density at radius 3 is 2.17 bits per heavy atom. The van der Waals surface area contributed by atoms with E-state index in [1.807, 2.05) is 6.92 Å². The Hall–Kier alpha value is -3.12. The van der Waals surface area contributed by atoms with Crippen molar-refractivity contribution in [3.05, 3.63) is 89.2 Å². The van der Waals surface area contributed by atoms with E-state index in [-0.39, 0.29) is 27.6 Å². The first-order valence-electron chi connectivity index (χ1n) is 10.6. The third-order valence-corrected chi connectivity index (χ3v) is 8.56. The normalized spacial score (nSPS) is 12.0. The van der Waals surface area contributed by atoms with Gasteiger partial charge in [-0.3, -0.25) is 4.79 Å². The highest BCUT2D eigenvalue weighted by Gasteiger charge is 2.28. The van der Waals surface area contributed by atoms with Gasteiger partial charge in [0.15, 0.2) is 0 Å².